The van der Waals surface area contributed by atoms with Gasteiger partial charge in [0.2, 0.25) is 5.91 Å². The van der Waals surface area contributed by atoms with E-state index in [4.69, 9.17) is 11.6 Å². The molecular weight excluding hydrogens is 274 g/mol. The number of carbonyl (C=O) groups is 1. The Hall–Kier alpha value is -1.26. The van der Waals surface area contributed by atoms with Gasteiger partial charge in [-0.1, -0.05) is 30.7 Å². The number of nitrogens with one attached hydrogen (secondary N) is 2. The van der Waals surface area contributed by atoms with E-state index in [1.165, 1.54) is 0 Å². The first-order chi connectivity index (χ1) is 9.61. The van der Waals surface area contributed by atoms with Crippen LogP contribution in [0, 0.1) is 0 Å². The molecule has 0 atom stereocenters. The van der Waals surface area contributed by atoms with Crippen molar-refractivity contribution >= 4 is 23.2 Å². The van der Waals surface area contributed by atoms with E-state index in [9.17, 15) is 4.79 Å². The number of rotatable bonds is 7. The lowest BCUT2D eigenvalue weighted by molar-refractivity contribution is -0.119. The molecule has 5 heteroatoms. The van der Waals surface area contributed by atoms with E-state index in [1.54, 1.807) is 0 Å². The zero-order chi connectivity index (χ0) is 14.5. The number of anilines is 1. The van der Waals surface area contributed by atoms with Crippen LogP contribution in [-0.2, 0) is 11.3 Å². The number of likely N-dealkylation sites (N-methyl/N-ethyl adjacent to an activating group) is 1. The first-order valence-electron chi connectivity index (χ1n) is 7.10. The Balaban J connectivity index is 2.06. The number of para-hydroxylation sites is 1. The minimum absolute atomic E-state index is 0.0596. The molecule has 0 aliphatic heterocycles. The molecule has 0 heterocycles. The lowest BCUT2D eigenvalue weighted by atomic mass is 10.1. The molecule has 1 aromatic carbocycles. The second-order valence-electron chi connectivity index (χ2n) is 5.23. The molecule has 0 unspecified atom stereocenters. The van der Waals surface area contributed by atoms with Crippen molar-refractivity contribution in [3.8, 4) is 0 Å². The van der Waals surface area contributed by atoms with Gasteiger partial charge in [-0.2, -0.15) is 0 Å². The van der Waals surface area contributed by atoms with E-state index in [1.807, 2.05) is 30.1 Å². The van der Waals surface area contributed by atoms with Gasteiger partial charge in [0.1, 0.15) is 0 Å². The minimum atomic E-state index is 0.0596. The fraction of sp³-hybridized carbons (Fsp3) is 0.533. The highest BCUT2D eigenvalue weighted by atomic mass is 35.5. The maximum absolute atomic E-state index is 11.9. The number of nitrogens with zero attached hydrogens (tertiary/aromatic N) is 1. The molecule has 1 aliphatic rings. The summed E-state index contributed by atoms with van der Waals surface area (Å²) in [6, 6.07) is 6.24. The summed E-state index contributed by atoms with van der Waals surface area (Å²) in [5, 5.41) is 6.98. The first-order valence-corrected chi connectivity index (χ1v) is 7.48. The number of carbonyl (C=O) groups excluding carboxylic acids is 1. The Bertz CT molecular complexity index is 474. The van der Waals surface area contributed by atoms with E-state index in [0.29, 0.717) is 17.6 Å². The molecule has 0 spiro atoms. The Morgan fingerprint density at radius 3 is 2.85 bits per heavy atom. The monoisotopic (exact) mass is 295 g/mol. The number of halogens is 1. The zero-order valence-electron chi connectivity index (χ0n) is 12.1. The summed E-state index contributed by atoms with van der Waals surface area (Å²) >= 11 is 6.30. The van der Waals surface area contributed by atoms with E-state index in [0.717, 1.165) is 37.2 Å². The van der Waals surface area contributed by atoms with Crippen molar-refractivity contribution in [2.75, 3.05) is 25.0 Å². The molecule has 4 nitrogen and oxygen atoms in total. The van der Waals surface area contributed by atoms with Crippen LogP contribution in [0.4, 0.5) is 5.69 Å². The standard InChI is InChI=1S/C15H22ClN3O/c1-3-17-9-11-5-4-6-13(16)15(11)19(2)10-14(20)18-12-7-8-12/h4-6,12,17H,3,7-10H2,1-2H3,(H,18,20). The fourth-order valence-electron chi connectivity index (χ4n) is 2.19. The van der Waals surface area contributed by atoms with Gasteiger partial charge in [-0.05, 0) is 31.0 Å². The van der Waals surface area contributed by atoms with Gasteiger partial charge < -0.3 is 15.5 Å². The third-order valence-corrected chi connectivity index (χ3v) is 3.65. The summed E-state index contributed by atoms with van der Waals surface area (Å²) in [5.41, 5.74) is 2.04. The molecule has 20 heavy (non-hydrogen) atoms. The predicted molar refractivity (Wildman–Crippen MR) is 83.3 cm³/mol. The molecule has 2 rings (SSSR count). The van der Waals surface area contributed by atoms with Crippen LogP contribution in [0.1, 0.15) is 25.3 Å². The molecule has 0 bridgehead atoms. The molecule has 1 amide bonds. The highest BCUT2D eigenvalue weighted by Crippen LogP contribution is 2.29. The van der Waals surface area contributed by atoms with E-state index in [-0.39, 0.29) is 5.91 Å². The number of amides is 1. The van der Waals surface area contributed by atoms with Gasteiger partial charge in [-0.15, -0.1) is 0 Å². The molecule has 0 aromatic heterocycles. The largest absolute Gasteiger partial charge is 0.364 e. The molecule has 0 saturated heterocycles. The van der Waals surface area contributed by atoms with E-state index >= 15 is 0 Å². The van der Waals surface area contributed by atoms with E-state index in [2.05, 4.69) is 17.6 Å². The van der Waals surface area contributed by atoms with Crippen molar-refractivity contribution in [1.29, 1.82) is 0 Å². The Kier molecular flexibility index (Phi) is 5.26. The minimum Gasteiger partial charge on any atom is -0.364 e. The predicted octanol–water partition coefficient (Wildman–Crippen LogP) is 2.16. The second-order valence-corrected chi connectivity index (χ2v) is 5.63. The summed E-state index contributed by atoms with van der Waals surface area (Å²) in [7, 11) is 1.91. The number of benzene rings is 1. The molecule has 1 aliphatic carbocycles. The smallest absolute Gasteiger partial charge is 0.239 e. The summed E-state index contributed by atoms with van der Waals surface area (Å²) < 4.78 is 0. The highest BCUT2D eigenvalue weighted by molar-refractivity contribution is 6.33. The summed E-state index contributed by atoms with van der Waals surface area (Å²) in [6.07, 6.45) is 2.21. The quantitative estimate of drug-likeness (QED) is 0.810. The molecule has 1 fully saturated rings. The van der Waals surface area contributed by atoms with Gasteiger partial charge in [0, 0.05) is 19.6 Å². The molecule has 0 radical (unpaired) electrons. The molecule has 110 valence electrons. The normalized spacial score (nSPS) is 14.2. The lowest BCUT2D eigenvalue weighted by Crippen LogP contribution is -2.36. The second kappa shape index (κ2) is 6.95. The van der Waals surface area contributed by atoms with E-state index < -0.39 is 0 Å². The van der Waals surface area contributed by atoms with Gasteiger partial charge in [0.25, 0.3) is 0 Å². The molecule has 2 N–H and O–H groups in total. The van der Waals surface area contributed by atoms with Gasteiger partial charge in [-0.25, -0.2) is 0 Å². The third-order valence-electron chi connectivity index (χ3n) is 3.34. The van der Waals surface area contributed by atoms with Crippen LogP contribution in [0.25, 0.3) is 0 Å². The fourth-order valence-corrected chi connectivity index (χ4v) is 2.52. The maximum atomic E-state index is 11.9. The van der Waals surface area contributed by atoms with Crippen LogP contribution in [0.15, 0.2) is 18.2 Å². The number of hydrogen-bond acceptors (Lipinski definition) is 3. The average Bonchev–Trinajstić information content (AvgIpc) is 3.19. The van der Waals surface area contributed by atoms with Crippen LogP contribution in [0.5, 0.6) is 0 Å². The Labute approximate surface area is 125 Å². The highest BCUT2D eigenvalue weighted by Gasteiger charge is 2.24. The summed E-state index contributed by atoms with van der Waals surface area (Å²) in [4.78, 5) is 13.8. The van der Waals surface area contributed by atoms with Gasteiger partial charge in [0.05, 0.1) is 17.3 Å². The Morgan fingerprint density at radius 1 is 1.45 bits per heavy atom. The zero-order valence-corrected chi connectivity index (χ0v) is 12.8. The van der Waals surface area contributed by atoms with Crippen LogP contribution < -0.4 is 15.5 Å². The lowest BCUT2D eigenvalue weighted by Gasteiger charge is -2.23. The van der Waals surface area contributed by atoms with Crippen molar-refractivity contribution in [2.24, 2.45) is 0 Å². The molecule has 1 aromatic rings. The maximum Gasteiger partial charge on any atom is 0.239 e. The topological polar surface area (TPSA) is 44.4 Å². The number of hydrogen-bond donors (Lipinski definition) is 2. The van der Waals surface area contributed by atoms with Crippen LogP contribution >= 0.6 is 11.6 Å². The molecule has 1 saturated carbocycles. The van der Waals surface area contributed by atoms with Gasteiger partial charge in [0.15, 0.2) is 0 Å². The SMILES string of the molecule is CCNCc1cccc(Cl)c1N(C)CC(=O)NC1CC1. The summed E-state index contributed by atoms with van der Waals surface area (Å²) in [6.45, 7) is 4.05. The van der Waals surface area contributed by atoms with Crippen molar-refractivity contribution in [3.63, 3.8) is 0 Å². The van der Waals surface area contributed by atoms with Crippen molar-refractivity contribution < 1.29 is 4.79 Å². The van der Waals surface area contributed by atoms with Gasteiger partial charge in [-0.3, -0.25) is 4.79 Å². The van der Waals surface area contributed by atoms with Crippen LogP contribution in [-0.4, -0.2) is 32.1 Å². The molecular formula is C15H22ClN3O. The van der Waals surface area contributed by atoms with Crippen LogP contribution in [0.3, 0.4) is 0 Å². The van der Waals surface area contributed by atoms with Crippen molar-refractivity contribution in [1.82, 2.24) is 10.6 Å². The third kappa shape index (κ3) is 4.12. The average molecular weight is 296 g/mol. The Morgan fingerprint density at radius 2 is 2.20 bits per heavy atom. The van der Waals surface area contributed by atoms with Gasteiger partial charge >= 0.3 is 0 Å². The van der Waals surface area contributed by atoms with Crippen molar-refractivity contribution in [2.45, 2.75) is 32.4 Å². The van der Waals surface area contributed by atoms with Crippen LogP contribution in [0.2, 0.25) is 5.02 Å². The summed E-state index contributed by atoms with van der Waals surface area (Å²) in [5.74, 6) is 0.0596. The van der Waals surface area contributed by atoms with Crippen molar-refractivity contribution in [3.05, 3.63) is 28.8 Å². The first kappa shape index (κ1) is 15.1.